The third-order valence-electron chi connectivity index (χ3n) is 3.23. The third kappa shape index (κ3) is 6.55. The zero-order valence-electron chi connectivity index (χ0n) is 13.5. The smallest absolute Gasteiger partial charge is 0.270 e. The van der Waals surface area contributed by atoms with Gasteiger partial charge in [0.2, 0.25) is 5.91 Å². The maximum atomic E-state index is 12.3. The lowest BCUT2D eigenvalue weighted by Crippen LogP contribution is -2.47. The molecular weight excluding hydrogens is 332 g/mol. The number of nitrogens with zero attached hydrogens (tertiary/aromatic N) is 1. The van der Waals surface area contributed by atoms with Gasteiger partial charge in [0.15, 0.2) is 0 Å². The van der Waals surface area contributed by atoms with E-state index in [9.17, 15) is 19.7 Å². The molecule has 4 N–H and O–H groups in total. The van der Waals surface area contributed by atoms with E-state index >= 15 is 0 Å². The Morgan fingerprint density at radius 3 is 2.79 bits per heavy atom. The normalized spacial score (nSPS) is 11.6. The number of nitrogens with two attached hydrogens (primary N) is 1. The molecule has 0 bridgehead atoms. The van der Waals surface area contributed by atoms with Crippen molar-refractivity contribution in [2.75, 3.05) is 25.1 Å². The fraction of sp³-hybridized carbons (Fsp3) is 0.467. The van der Waals surface area contributed by atoms with Crippen LogP contribution in [0.1, 0.15) is 23.2 Å². The fourth-order valence-corrected chi connectivity index (χ4v) is 2.42. The molecule has 0 aromatic heterocycles. The average molecular weight is 354 g/mol. The van der Waals surface area contributed by atoms with Crippen molar-refractivity contribution in [1.29, 1.82) is 0 Å². The summed E-state index contributed by atoms with van der Waals surface area (Å²) in [5, 5.41) is 16.2. The Bertz CT molecular complexity index is 582. The van der Waals surface area contributed by atoms with Gasteiger partial charge in [0.25, 0.3) is 11.6 Å². The SMILES string of the molecule is CSCCC(NC(=O)c1cccc([N+](=O)[O-])c1)C(=O)NCCCN. The first kappa shape index (κ1) is 19.9. The van der Waals surface area contributed by atoms with Crippen LogP contribution in [0.5, 0.6) is 0 Å². The maximum absolute atomic E-state index is 12.3. The van der Waals surface area contributed by atoms with Crippen molar-refractivity contribution in [3.8, 4) is 0 Å². The van der Waals surface area contributed by atoms with Crippen LogP contribution in [0, 0.1) is 10.1 Å². The van der Waals surface area contributed by atoms with Gasteiger partial charge in [-0.15, -0.1) is 0 Å². The Morgan fingerprint density at radius 2 is 2.17 bits per heavy atom. The molecule has 0 fully saturated rings. The number of thioether (sulfide) groups is 1. The maximum Gasteiger partial charge on any atom is 0.270 e. The zero-order chi connectivity index (χ0) is 17.9. The Kier molecular flexibility index (Phi) is 8.80. The van der Waals surface area contributed by atoms with Crippen molar-refractivity contribution in [3.63, 3.8) is 0 Å². The fourth-order valence-electron chi connectivity index (χ4n) is 1.94. The summed E-state index contributed by atoms with van der Waals surface area (Å²) in [5.41, 5.74) is 5.36. The van der Waals surface area contributed by atoms with Gasteiger partial charge in [-0.1, -0.05) is 6.07 Å². The number of amides is 2. The molecule has 2 amide bonds. The second-order valence-corrected chi connectivity index (χ2v) is 6.03. The summed E-state index contributed by atoms with van der Waals surface area (Å²) in [7, 11) is 0. The summed E-state index contributed by atoms with van der Waals surface area (Å²) in [5.74, 6) is -0.0976. The molecule has 0 heterocycles. The first-order valence-electron chi connectivity index (χ1n) is 7.51. The Labute approximate surface area is 144 Å². The highest BCUT2D eigenvalue weighted by Crippen LogP contribution is 2.13. The molecular formula is C15H22N4O4S. The monoisotopic (exact) mass is 354 g/mol. The highest BCUT2D eigenvalue weighted by atomic mass is 32.2. The van der Waals surface area contributed by atoms with Crippen molar-refractivity contribution < 1.29 is 14.5 Å². The third-order valence-corrected chi connectivity index (χ3v) is 3.88. The first-order chi connectivity index (χ1) is 11.5. The van der Waals surface area contributed by atoms with E-state index in [-0.39, 0.29) is 17.2 Å². The molecule has 0 aliphatic rings. The Hall–Kier alpha value is -2.13. The molecule has 9 heteroatoms. The van der Waals surface area contributed by atoms with E-state index < -0.39 is 16.9 Å². The van der Waals surface area contributed by atoms with Gasteiger partial charge in [-0.3, -0.25) is 19.7 Å². The van der Waals surface area contributed by atoms with Crippen molar-refractivity contribution in [1.82, 2.24) is 10.6 Å². The summed E-state index contributed by atoms with van der Waals surface area (Å²) in [6.07, 6.45) is 3.03. The summed E-state index contributed by atoms with van der Waals surface area (Å²) >= 11 is 1.56. The summed E-state index contributed by atoms with van der Waals surface area (Å²) in [4.78, 5) is 34.7. The molecule has 1 atom stereocenters. The predicted octanol–water partition coefficient (Wildman–Crippen LogP) is 0.911. The van der Waals surface area contributed by atoms with Crippen molar-refractivity contribution >= 4 is 29.3 Å². The van der Waals surface area contributed by atoms with E-state index in [1.54, 1.807) is 11.8 Å². The van der Waals surface area contributed by atoms with Crippen LogP contribution in [0.25, 0.3) is 0 Å². The van der Waals surface area contributed by atoms with Crippen molar-refractivity contribution in [2.45, 2.75) is 18.9 Å². The molecule has 1 aromatic carbocycles. The van der Waals surface area contributed by atoms with Gasteiger partial charge in [0.1, 0.15) is 6.04 Å². The molecule has 1 rings (SSSR count). The lowest BCUT2D eigenvalue weighted by Gasteiger charge is -2.18. The average Bonchev–Trinajstić information content (AvgIpc) is 2.58. The standard InChI is InChI=1S/C15H22N4O4S/c1-24-9-6-13(15(21)17-8-3-7-16)18-14(20)11-4-2-5-12(10-11)19(22)23/h2,4-5,10,13H,3,6-9,16H2,1H3,(H,17,21)(H,18,20). The molecule has 1 unspecified atom stereocenters. The number of non-ortho nitro benzene ring substituents is 1. The zero-order valence-corrected chi connectivity index (χ0v) is 14.3. The lowest BCUT2D eigenvalue weighted by atomic mass is 10.1. The number of nitrogens with one attached hydrogen (secondary N) is 2. The molecule has 132 valence electrons. The molecule has 8 nitrogen and oxygen atoms in total. The highest BCUT2D eigenvalue weighted by molar-refractivity contribution is 7.98. The molecule has 0 aliphatic heterocycles. The Morgan fingerprint density at radius 1 is 1.42 bits per heavy atom. The predicted molar refractivity (Wildman–Crippen MR) is 94.0 cm³/mol. The molecule has 24 heavy (non-hydrogen) atoms. The van der Waals surface area contributed by atoms with E-state index in [2.05, 4.69) is 10.6 Å². The second-order valence-electron chi connectivity index (χ2n) is 5.05. The first-order valence-corrected chi connectivity index (χ1v) is 8.91. The van der Waals surface area contributed by atoms with Crippen LogP contribution < -0.4 is 16.4 Å². The van der Waals surface area contributed by atoms with Gasteiger partial charge >= 0.3 is 0 Å². The molecule has 0 saturated carbocycles. The molecule has 1 aromatic rings. The Balaban J connectivity index is 2.77. The van der Waals surface area contributed by atoms with Crippen LogP contribution in [0.15, 0.2) is 24.3 Å². The van der Waals surface area contributed by atoms with Gasteiger partial charge in [0.05, 0.1) is 4.92 Å². The minimum Gasteiger partial charge on any atom is -0.354 e. The largest absolute Gasteiger partial charge is 0.354 e. The molecule has 0 aliphatic carbocycles. The van der Waals surface area contributed by atoms with Crippen molar-refractivity contribution in [3.05, 3.63) is 39.9 Å². The van der Waals surface area contributed by atoms with Crippen LogP contribution in [0.3, 0.4) is 0 Å². The van der Waals surface area contributed by atoms with E-state index in [4.69, 9.17) is 5.73 Å². The number of hydrogen-bond acceptors (Lipinski definition) is 6. The number of nitro benzene ring substituents is 1. The summed E-state index contributed by atoms with van der Waals surface area (Å²) in [6, 6.07) is 4.71. The van der Waals surface area contributed by atoms with Crippen LogP contribution in [0.2, 0.25) is 0 Å². The van der Waals surface area contributed by atoms with Crippen LogP contribution in [-0.2, 0) is 4.79 Å². The molecule has 0 saturated heterocycles. The number of nitro groups is 1. The van der Waals surface area contributed by atoms with Crippen LogP contribution in [0.4, 0.5) is 5.69 Å². The quantitative estimate of drug-likeness (QED) is 0.325. The minimum absolute atomic E-state index is 0.146. The van der Waals surface area contributed by atoms with E-state index in [0.29, 0.717) is 31.7 Å². The number of hydrogen-bond donors (Lipinski definition) is 3. The minimum atomic E-state index is -0.693. The molecule has 0 spiro atoms. The number of rotatable bonds is 10. The number of carbonyl (C=O) groups excluding carboxylic acids is 2. The van der Waals surface area contributed by atoms with E-state index in [1.807, 2.05) is 6.26 Å². The summed E-state index contributed by atoms with van der Waals surface area (Å²) < 4.78 is 0. The number of carbonyl (C=O) groups is 2. The van der Waals surface area contributed by atoms with Crippen molar-refractivity contribution in [2.24, 2.45) is 5.73 Å². The topological polar surface area (TPSA) is 127 Å². The number of benzene rings is 1. The molecule has 0 radical (unpaired) electrons. The van der Waals surface area contributed by atoms with Gasteiger partial charge < -0.3 is 16.4 Å². The van der Waals surface area contributed by atoms with Crippen LogP contribution >= 0.6 is 11.8 Å². The van der Waals surface area contributed by atoms with E-state index in [0.717, 1.165) is 0 Å². The van der Waals surface area contributed by atoms with Gasteiger partial charge in [0, 0.05) is 24.2 Å². The van der Waals surface area contributed by atoms with Gasteiger partial charge in [-0.05, 0) is 37.5 Å². The van der Waals surface area contributed by atoms with Crippen LogP contribution in [-0.4, -0.2) is 47.9 Å². The van der Waals surface area contributed by atoms with Gasteiger partial charge in [-0.25, -0.2) is 0 Å². The van der Waals surface area contributed by atoms with Gasteiger partial charge in [-0.2, -0.15) is 11.8 Å². The van der Waals surface area contributed by atoms with E-state index in [1.165, 1.54) is 24.3 Å². The second kappa shape index (κ2) is 10.6. The summed E-state index contributed by atoms with van der Waals surface area (Å²) in [6.45, 7) is 0.910. The highest BCUT2D eigenvalue weighted by Gasteiger charge is 2.21. The lowest BCUT2D eigenvalue weighted by molar-refractivity contribution is -0.384.